The van der Waals surface area contributed by atoms with E-state index in [0.717, 1.165) is 31.7 Å². The molecular formula is C14H23NO. The van der Waals surface area contributed by atoms with E-state index in [4.69, 9.17) is 4.74 Å². The summed E-state index contributed by atoms with van der Waals surface area (Å²) in [7, 11) is 0. The number of hydrogen-bond acceptors (Lipinski definition) is 2. The molecule has 0 aliphatic carbocycles. The second kappa shape index (κ2) is 7.29. The molecule has 90 valence electrons. The smallest absolute Gasteiger partial charge is 0.119 e. The molecule has 0 aromatic heterocycles. The van der Waals surface area contributed by atoms with E-state index in [1.54, 1.807) is 0 Å². The first-order valence-corrected chi connectivity index (χ1v) is 6.25. The van der Waals surface area contributed by atoms with Crippen molar-refractivity contribution in [3.63, 3.8) is 0 Å². The van der Waals surface area contributed by atoms with Crippen LogP contribution in [-0.4, -0.2) is 19.2 Å². The van der Waals surface area contributed by atoms with Crippen LogP contribution in [0.5, 0.6) is 5.75 Å². The van der Waals surface area contributed by atoms with Gasteiger partial charge in [-0.1, -0.05) is 32.9 Å². The number of rotatable bonds is 7. The molecule has 1 rings (SSSR count). The summed E-state index contributed by atoms with van der Waals surface area (Å²) in [5, 5.41) is 3.41. The number of nitrogens with one attached hydrogen (secondary N) is 1. The lowest BCUT2D eigenvalue weighted by Gasteiger charge is -2.16. The summed E-state index contributed by atoms with van der Waals surface area (Å²) < 4.78 is 5.79. The lowest BCUT2D eigenvalue weighted by atomic mass is 10.2. The van der Waals surface area contributed by atoms with Crippen molar-refractivity contribution in [3.8, 4) is 5.75 Å². The second-order valence-corrected chi connectivity index (χ2v) is 3.97. The van der Waals surface area contributed by atoms with Crippen molar-refractivity contribution < 1.29 is 4.74 Å². The van der Waals surface area contributed by atoms with Crippen LogP contribution < -0.4 is 10.1 Å². The average Bonchev–Trinajstić information content (AvgIpc) is 2.34. The molecule has 1 N–H and O–H groups in total. The van der Waals surface area contributed by atoms with Gasteiger partial charge in [-0.15, -0.1) is 0 Å². The first-order chi connectivity index (χ1) is 7.80. The first kappa shape index (κ1) is 13.0. The minimum atomic E-state index is 0.454. The molecular weight excluding hydrogens is 198 g/mol. The fourth-order valence-corrected chi connectivity index (χ4v) is 1.66. The van der Waals surface area contributed by atoms with Gasteiger partial charge in [0.1, 0.15) is 12.4 Å². The van der Waals surface area contributed by atoms with Crippen LogP contribution in [0.1, 0.15) is 32.8 Å². The van der Waals surface area contributed by atoms with Crippen LogP contribution in [-0.2, 0) is 6.42 Å². The lowest BCUT2D eigenvalue weighted by molar-refractivity contribution is 0.262. The van der Waals surface area contributed by atoms with Crippen LogP contribution in [0.3, 0.4) is 0 Å². The number of aryl methyl sites for hydroxylation is 1. The van der Waals surface area contributed by atoms with Gasteiger partial charge in [-0.25, -0.2) is 0 Å². The zero-order chi connectivity index (χ0) is 11.8. The van der Waals surface area contributed by atoms with Crippen LogP contribution in [0.25, 0.3) is 0 Å². The number of likely N-dealkylation sites (N-methyl/N-ethyl adjacent to an activating group) is 1. The maximum absolute atomic E-state index is 5.79. The topological polar surface area (TPSA) is 21.3 Å². The van der Waals surface area contributed by atoms with E-state index in [9.17, 15) is 0 Å². The molecule has 2 nitrogen and oxygen atoms in total. The molecule has 0 heterocycles. The average molecular weight is 221 g/mol. The molecule has 1 aromatic carbocycles. The van der Waals surface area contributed by atoms with E-state index in [2.05, 4.69) is 44.3 Å². The van der Waals surface area contributed by atoms with E-state index in [1.165, 1.54) is 5.56 Å². The Kier molecular flexibility index (Phi) is 5.94. The summed E-state index contributed by atoms with van der Waals surface area (Å²) in [6.45, 7) is 8.21. The minimum absolute atomic E-state index is 0.454. The zero-order valence-corrected chi connectivity index (χ0v) is 10.6. The van der Waals surface area contributed by atoms with Crippen molar-refractivity contribution >= 4 is 0 Å². The summed E-state index contributed by atoms with van der Waals surface area (Å²) in [4.78, 5) is 0. The molecule has 0 spiro atoms. The first-order valence-electron chi connectivity index (χ1n) is 6.25. The van der Waals surface area contributed by atoms with Crippen molar-refractivity contribution in [2.75, 3.05) is 13.2 Å². The Bertz CT molecular complexity index is 299. The van der Waals surface area contributed by atoms with Gasteiger partial charge >= 0.3 is 0 Å². The molecule has 0 aliphatic heterocycles. The molecule has 16 heavy (non-hydrogen) atoms. The number of ether oxygens (including phenoxy) is 1. The SMILES string of the molecule is CCNC(CC)COc1cccc(CC)c1. The zero-order valence-electron chi connectivity index (χ0n) is 10.6. The van der Waals surface area contributed by atoms with Gasteiger partial charge in [0.15, 0.2) is 0 Å². The molecule has 0 saturated carbocycles. The standard InChI is InChI=1S/C14H23NO/c1-4-12-8-7-9-14(10-12)16-11-13(5-2)15-6-3/h7-10,13,15H,4-6,11H2,1-3H3. The van der Waals surface area contributed by atoms with Gasteiger partial charge in [-0.3, -0.25) is 0 Å². The van der Waals surface area contributed by atoms with Crippen molar-refractivity contribution in [1.82, 2.24) is 5.32 Å². The molecule has 0 fully saturated rings. The van der Waals surface area contributed by atoms with Crippen molar-refractivity contribution in [3.05, 3.63) is 29.8 Å². The predicted molar refractivity (Wildman–Crippen MR) is 69.1 cm³/mol. The lowest BCUT2D eigenvalue weighted by Crippen LogP contribution is -2.33. The second-order valence-electron chi connectivity index (χ2n) is 3.97. The van der Waals surface area contributed by atoms with Crippen LogP contribution in [0.4, 0.5) is 0 Å². The van der Waals surface area contributed by atoms with Crippen LogP contribution >= 0.6 is 0 Å². The molecule has 1 aromatic rings. The van der Waals surface area contributed by atoms with Crippen LogP contribution in [0.2, 0.25) is 0 Å². The van der Waals surface area contributed by atoms with E-state index in [0.29, 0.717) is 6.04 Å². The van der Waals surface area contributed by atoms with E-state index in [1.807, 2.05) is 6.07 Å². The van der Waals surface area contributed by atoms with E-state index < -0.39 is 0 Å². The minimum Gasteiger partial charge on any atom is -0.492 e. The Morgan fingerprint density at radius 1 is 1.25 bits per heavy atom. The Labute approximate surface area is 99.0 Å². The monoisotopic (exact) mass is 221 g/mol. The highest BCUT2D eigenvalue weighted by molar-refractivity contribution is 5.28. The molecule has 0 saturated heterocycles. The third kappa shape index (κ3) is 4.23. The highest BCUT2D eigenvalue weighted by Gasteiger charge is 2.05. The van der Waals surface area contributed by atoms with Crippen LogP contribution in [0.15, 0.2) is 24.3 Å². The van der Waals surface area contributed by atoms with E-state index in [-0.39, 0.29) is 0 Å². The third-order valence-electron chi connectivity index (χ3n) is 2.74. The van der Waals surface area contributed by atoms with Gasteiger partial charge < -0.3 is 10.1 Å². The van der Waals surface area contributed by atoms with E-state index >= 15 is 0 Å². The molecule has 2 heteroatoms. The molecule has 1 atom stereocenters. The molecule has 0 aliphatic rings. The van der Waals surface area contributed by atoms with Gasteiger partial charge in [-0.2, -0.15) is 0 Å². The summed E-state index contributed by atoms with van der Waals surface area (Å²) in [5.41, 5.74) is 1.33. The summed E-state index contributed by atoms with van der Waals surface area (Å²) in [6, 6.07) is 8.79. The Hall–Kier alpha value is -1.02. The summed E-state index contributed by atoms with van der Waals surface area (Å²) in [6.07, 6.45) is 2.16. The normalized spacial score (nSPS) is 12.4. The Morgan fingerprint density at radius 2 is 2.06 bits per heavy atom. The fourth-order valence-electron chi connectivity index (χ4n) is 1.66. The number of benzene rings is 1. The maximum atomic E-state index is 5.79. The van der Waals surface area contributed by atoms with Gasteiger partial charge in [-0.05, 0) is 37.1 Å². The third-order valence-corrected chi connectivity index (χ3v) is 2.74. The quantitative estimate of drug-likeness (QED) is 0.764. The Balaban J connectivity index is 2.46. The molecule has 0 bridgehead atoms. The molecule has 1 unspecified atom stereocenters. The highest BCUT2D eigenvalue weighted by atomic mass is 16.5. The van der Waals surface area contributed by atoms with Crippen molar-refractivity contribution in [2.24, 2.45) is 0 Å². The summed E-state index contributed by atoms with van der Waals surface area (Å²) >= 11 is 0. The summed E-state index contributed by atoms with van der Waals surface area (Å²) in [5.74, 6) is 0.982. The number of hydrogen-bond donors (Lipinski definition) is 1. The highest BCUT2D eigenvalue weighted by Crippen LogP contribution is 2.14. The maximum Gasteiger partial charge on any atom is 0.119 e. The fraction of sp³-hybridized carbons (Fsp3) is 0.571. The predicted octanol–water partition coefficient (Wildman–Crippen LogP) is 3.02. The molecule has 0 amide bonds. The Morgan fingerprint density at radius 3 is 2.69 bits per heavy atom. The van der Waals surface area contributed by atoms with Gasteiger partial charge in [0.05, 0.1) is 0 Å². The van der Waals surface area contributed by atoms with Crippen molar-refractivity contribution in [2.45, 2.75) is 39.7 Å². The largest absolute Gasteiger partial charge is 0.492 e. The van der Waals surface area contributed by atoms with Gasteiger partial charge in [0, 0.05) is 6.04 Å². The van der Waals surface area contributed by atoms with Crippen molar-refractivity contribution in [1.29, 1.82) is 0 Å². The van der Waals surface area contributed by atoms with Gasteiger partial charge in [0.2, 0.25) is 0 Å². The van der Waals surface area contributed by atoms with Gasteiger partial charge in [0.25, 0.3) is 0 Å². The van der Waals surface area contributed by atoms with Crippen LogP contribution in [0, 0.1) is 0 Å². The molecule has 0 radical (unpaired) electrons.